The molecule has 1 N–H and O–H groups in total. The molecule has 3 rings (SSSR count). The minimum absolute atomic E-state index is 0.465. The first kappa shape index (κ1) is 14.5. The number of rotatable bonds is 4. The number of nitrogens with one attached hydrogen (secondary N) is 1. The van der Waals surface area contributed by atoms with E-state index in [2.05, 4.69) is 75.3 Å². The van der Waals surface area contributed by atoms with Crippen LogP contribution >= 0.6 is 15.9 Å². The molecule has 2 heterocycles. The van der Waals surface area contributed by atoms with Crippen molar-refractivity contribution in [1.82, 2.24) is 10.3 Å². The van der Waals surface area contributed by atoms with Crippen LogP contribution in [-0.2, 0) is 19.6 Å². The highest BCUT2D eigenvalue weighted by atomic mass is 79.9. The first-order chi connectivity index (χ1) is 10.1. The number of pyridine rings is 1. The Morgan fingerprint density at radius 1 is 1.24 bits per heavy atom. The van der Waals surface area contributed by atoms with Crippen molar-refractivity contribution < 1.29 is 0 Å². The number of fused-ring (bicyclic) bond motifs is 1. The van der Waals surface area contributed by atoms with E-state index in [0.29, 0.717) is 6.04 Å². The van der Waals surface area contributed by atoms with Gasteiger partial charge < -0.3 is 10.2 Å². The van der Waals surface area contributed by atoms with Gasteiger partial charge in [-0.05, 0) is 33.1 Å². The zero-order valence-electron chi connectivity index (χ0n) is 12.4. The predicted octanol–water partition coefficient (Wildman–Crippen LogP) is 3.86. The molecule has 1 aromatic carbocycles. The van der Waals surface area contributed by atoms with Gasteiger partial charge in [0.1, 0.15) is 5.82 Å². The minimum atomic E-state index is 0.465. The van der Waals surface area contributed by atoms with Crippen LogP contribution < -0.4 is 10.2 Å². The van der Waals surface area contributed by atoms with E-state index in [4.69, 9.17) is 0 Å². The van der Waals surface area contributed by atoms with Crippen molar-refractivity contribution in [2.24, 2.45) is 0 Å². The summed E-state index contributed by atoms with van der Waals surface area (Å²) in [7, 11) is 0. The fourth-order valence-corrected chi connectivity index (χ4v) is 3.06. The monoisotopic (exact) mass is 345 g/mol. The van der Waals surface area contributed by atoms with Crippen molar-refractivity contribution in [3.63, 3.8) is 0 Å². The molecule has 1 aliphatic rings. The molecule has 0 radical (unpaired) electrons. The maximum absolute atomic E-state index is 4.66. The molecule has 4 heteroatoms. The molecule has 0 spiro atoms. The van der Waals surface area contributed by atoms with Gasteiger partial charge in [0, 0.05) is 41.9 Å². The topological polar surface area (TPSA) is 28.2 Å². The van der Waals surface area contributed by atoms with Crippen molar-refractivity contribution in [2.75, 3.05) is 4.90 Å². The first-order valence-corrected chi connectivity index (χ1v) is 8.12. The molecule has 0 unspecified atom stereocenters. The van der Waals surface area contributed by atoms with Crippen LogP contribution in [0.3, 0.4) is 0 Å². The molecule has 3 nitrogen and oxygen atoms in total. The molecule has 1 aliphatic heterocycles. The van der Waals surface area contributed by atoms with Gasteiger partial charge in [-0.2, -0.15) is 0 Å². The van der Waals surface area contributed by atoms with E-state index in [1.54, 1.807) is 0 Å². The maximum atomic E-state index is 4.66. The Bertz CT molecular complexity index is 615. The van der Waals surface area contributed by atoms with Crippen LogP contribution in [-0.4, -0.2) is 11.0 Å². The third kappa shape index (κ3) is 3.27. The Morgan fingerprint density at radius 2 is 1.90 bits per heavy atom. The standard InChI is InChI=1S/C17H20BrN3/c1-12(2)19-8-15-7-16(18)9-20-17(15)21-10-13-5-3-4-6-14(13)11-21/h3-7,9,12,19H,8,10-11H2,1-2H3. The fourth-order valence-electron chi connectivity index (χ4n) is 2.69. The lowest BCUT2D eigenvalue weighted by Crippen LogP contribution is -2.25. The molecule has 0 aliphatic carbocycles. The largest absolute Gasteiger partial charge is 0.348 e. The van der Waals surface area contributed by atoms with Gasteiger partial charge in [0.05, 0.1) is 0 Å². The molecule has 0 bridgehead atoms. The summed E-state index contributed by atoms with van der Waals surface area (Å²) >= 11 is 3.53. The highest BCUT2D eigenvalue weighted by Gasteiger charge is 2.21. The average molecular weight is 346 g/mol. The summed E-state index contributed by atoms with van der Waals surface area (Å²) in [6, 6.07) is 11.3. The number of halogens is 1. The Hall–Kier alpha value is -1.39. The van der Waals surface area contributed by atoms with Crippen molar-refractivity contribution >= 4 is 21.7 Å². The number of hydrogen-bond donors (Lipinski definition) is 1. The van der Waals surface area contributed by atoms with Crippen molar-refractivity contribution in [3.05, 3.63) is 57.7 Å². The molecule has 110 valence electrons. The van der Waals surface area contributed by atoms with Crippen LogP contribution in [0.2, 0.25) is 0 Å². The highest BCUT2D eigenvalue weighted by Crippen LogP contribution is 2.30. The van der Waals surface area contributed by atoms with Gasteiger partial charge in [-0.3, -0.25) is 0 Å². The normalized spacial score (nSPS) is 13.8. The predicted molar refractivity (Wildman–Crippen MR) is 90.2 cm³/mol. The molecule has 0 atom stereocenters. The number of benzene rings is 1. The molecule has 2 aromatic rings. The summed E-state index contributed by atoms with van der Waals surface area (Å²) in [5, 5.41) is 3.49. The van der Waals surface area contributed by atoms with Gasteiger partial charge in [0.25, 0.3) is 0 Å². The maximum Gasteiger partial charge on any atom is 0.133 e. The second kappa shape index (κ2) is 6.16. The van der Waals surface area contributed by atoms with Crippen LogP contribution in [0.5, 0.6) is 0 Å². The molecule has 0 saturated heterocycles. The lowest BCUT2D eigenvalue weighted by Gasteiger charge is -2.21. The summed E-state index contributed by atoms with van der Waals surface area (Å²) < 4.78 is 1.03. The van der Waals surface area contributed by atoms with Crippen LogP contribution in [0.25, 0.3) is 0 Å². The zero-order chi connectivity index (χ0) is 14.8. The first-order valence-electron chi connectivity index (χ1n) is 7.33. The van der Waals surface area contributed by atoms with E-state index in [0.717, 1.165) is 29.9 Å². The molecular formula is C17H20BrN3. The number of hydrogen-bond acceptors (Lipinski definition) is 3. The fraction of sp³-hybridized carbons (Fsp3) is 0.353. The molecule has 0 amide bonds. The number of anilines is 1. The Kier molecular flexibility index (Phi) is 4.27. The SMILES string of the molecule is CC(C)NCc1cc(Br)cnc1N1Cc2ccccc2C1. The van der Waals surface area contributed by atoms with E-state index in [1.807, 2.05) is 6.20 Å². The van der Waals surface area contributed by atoms with Gasteiger partial charge >= 0.3 is 0 Å². The van der Waals surface area contributed by atoms with Gasteiger partial charge in [0.2, 0.25) is 0 Å². The molecule has 1 aromatic heterocycles. The van der Waals surface area contributed by atoms with Gasteiger partial charge in [-0.25, -0.2) is 4.98 Å². The minimum Gasteiger partial charge on any atom is -0.348 e. The lowest BCUT2D eigenvalue weighted by atomic mass is 10.1. The van der Waals surface area contributed by atoms with Crippen LogP contribution in [0, 0.1) is 0 Å². The molecule has 21 heavy (non-hydrogen) atoms. The van der Waals surface area contributed by atoms with Crippen LogP contribution in [0.4, 0.5) is 5.82 Å². The Balaban J connectivity index is 1.86. The van der Waals surface area contributed by atoms with Gasteiger partial charge in [-0.1, -0.05) is 38.1 Å². The zero-order valence-corrected chi connectivity index (χ0v) is 14.0. The smallest absolute Gasteiger partial charge is 0.133 e. The average Bonchev–Trinajstić information content (AvgIpc) is 2.88. The highest BCUT2D eigenvalue weighted by molar-refractivity contribution is 9.10. The van der Waals surface area contributed by atoms with Crippen LogP contribution in [0.15, 0.2) is 41.0 Å². The quantitative estimate of drug-likeness (QED) is 0.911. The lowest BCUT2D eigenvalue weighted by molar-refractivity contribution is 0.586. The van der Waals surface area contributed by atoms with Crippen molar-refractivity contribution in [1.29, 1.82) is 0 Å². The van der Waals surface area contributed by atoms with E-state index in [9.17, 15) is 0 Å². The summed E-state index contributed by atoms with van der Waals surface area (Å²) in [5.41, 5.74) is 4.06. The van der Waals surface area contributed by atoms with Crippen molar-refractivity contribution in [2.45, 2.75) is 39.5 Å². The van der Waals surface area contributed by atoms with Gasteiger partial charge in [0.15, 0.2) is 0 Å². The molecular weight excluding hydrogens is 326 g/mol. The summed E-state index contributed by atoms with van der Waals surface area (Å²) in [6.45, 7) is 7.05. The molecule has 0 saturated carbocycles. The third-order valence-corrected chi connectivity index (χ3v) is 4.18. The summed E-state index contributed by atoms with van der Waals surface area (Å²) in [6.07, 6.45) is 1.89. The summed E-state index contributed by atoms with van der Waals surface area (Å²) in [4.78, 5) is 7.02. The van der Waals surface area contributed by atoms with E-state index >= 15 is 0 Å². The summed E-state index contributed by atoms with van der Waals surface area (Å²) in [5.74, 6) is 1.09. The van der Waals surface area contributed by atoms with Crippen LogP contribution in [0.1, 0.15) is 30.5 Å². The van der Waals surface area contributed by atoms with E-state index < -0.39 is 0 Å². The molecule has 0 fully saturated rings. The third-order valence-electron chi connectivity index (χ3n) is 3.75. The Labute approximate surface area is 134 Å². The van der Waals surface area contributed by atoms with E-state index in [-0.39, 0.29) is 0 Å². The second-order valence-electron chi connectivity index (χ2n) is 5.80. The van der Waals surface area contributed by atoms with Crippen molar-refractivity contribution in [3.8, 4) is 0 Å². The van der Waals surface area contributed by atoms with E-state index in [1.165, 1.54) is 16.7 Å². The second-order valence-corrected chi connectivity index (χ2v) is 6.71. The Morgan fingerprint density at radius 3 is 2.52 bits per heavy atom. The number of aromatic nitrogens is 1. The van der Waals surface area contributed by atoms with Gasteiger partial charge in [-0.15, -0.1) is 0 Å². The number of nitrogens with zero attached hydrogens (tertiary/aromatic N) is 2.